The fourth-order valence-corrected chi connectivity index (χ4v) is 4.32. The minimum Gasteiger partial charge on any atom is -0.486 e. The van der Waals surface area contributed by atoms with E-state index in [2.05, 4.69) is 20.8 Å². The Balaban J connectivity index is 1.99. The predicted molar refractivity (Wildman–Crippen MR) is 86.5 cm³/mol. The number of piperidine rings is 1. The van der Waals surface area contributed by atoms with Gasteiger partial charge in [-0.1, -0.05) is 39.0 Å². The summed E-state index contributed by atoms with van der Waals surface area (Å²) in [4.78, 5) is 12.6. The van der Waals surface area contributed by atoms with Gasteiger partial charge in [-0.2, -0.15) is 0 Å². The van der Waals surface area contributed by atoms with E-state index in [1.807, 2.05) is 24.3 Å². The molecule has 0 aromatic heterocycles. The molecule has 0 saturated carbocycles. The molecule has 1 aromatic carbocycles. The van der Waals surface area contributed by atoms with Crippen LogP contribution < -0.4 is 4.74 Å². The van der Waals surface area contributed by atoms with Crippen molar-refractivity contribution in [1.29, 1.82) is 0 Å². The van der Waals surface area contributed by atoms with Gasteiger partial charge >= 0.3 is 6.09 Å². The molecule has 23 heavy (non-hydrogen) atoms. The third-order valence-corrected chi connectivity index (χ3v) is 5.25. The maximum Gasteiger partial charge on any atom is 0.407 e. The fraction of sp³-hybridized carbons (Fsp3) is 0.611. The third-order valence-electron chi connectivity index (χ3n) is 5.25. The second-order valence-electron chi connectivity index (χ2n) is 7.76. The lowest BCUT2D eigenvalue weighted by atomic mass is 9.62. The van der Waals surface area contributed by atoms with E-state index < -0.39 is 17.8 Å². The van der Waals surface area contributed by atoms with Crippen LogP contribution in [0.25, 0.3) is 0 Å². The Bertz CT molecular complexity index is 599. The monoisotopic (exact) mass is 319 g/mol. The number of aliphatic hydroxyl groups excluding tert-OH is 1. The average molecular weight is 319 g/mol. The molecule has 1 aromatic rings. The molecule has 2 atom stereocenters. The first kappa shape index (κ1) is 16.1. The van der Waals surface area contributed by atoms with Crippen LogP contribution >= 0.6 is 0 Å². The second-order valence-corrected chi connectivity index (χ2v) is 7.76. The lowest BCUT2D eigenvalue weighted by Crippen LogP contribution is -2.59. The highest BCUT2D eigenvalue weighted by molar-refractivity contribution is 5.65. The molecule has 0 aliphatic carbocycles. The molecular weight excluding hydrogens is 294 g/mol. The maximum atomic E-state index is 11.2. The van der Waals surface area contributed by atoms with Crippen molar-refractivity contribution in [2.45, 2.75) is 45.3 Å². The second kappa shape index (κ2) is 5.41. The zero-order chi connectivity index (χ0) is 16.8. The predicted octanol–water partition coefficient (Wildman–Crippen LogP) is 3.29. The topological polar surface area (TPSA) is 70.0 Å². The first-order chi connectivity index (χ1) is 10.7. The quantitative estimate of drug-likeness (QED) is 0.770. The van der Waals surface area contributed by atoms with Crippen LogP contribution in [0.5, 0.6) is 5.75 Å². The van der Waals surface area contributed by atoms with Gasteiger partial charge in [0.1, 0.15) is 11.4 Å². The summed E-state index contributed by atoms with van der Waals surface area (Å²) in [6.07, 6.45) is -0.278. The van der Waals surface area contributed by atoms with Crippen molar-refractivity contribution in [1.82, 2.24) is 4.90 Å². The molecule has 0 radical (unpaired) electrons. The smallest absolute Gasteiger partial charge is 0.407 e. The standard InChI is InChI=1S/C18H25NO4/c1-17(2,3)15-14(20)12-6-4-5-7-13(12)23-18(15)8-10-19(11-9-18)16(21)22/h4-7,14-15,20H,8-11H2,1-3H3,(H,21,22). The van der Waals surface area contributed by atoms with Crippen molar-refractivity contribution in [3.63, 3.8) is 0 Å². The number of benzene rings is 1. The zero-order valence-corrected chi connectivity index (χ0v) is 14.0. The van der Waals surface area contributed by atoms with Gasteiger partial charge in [0.2, 0.25) is 0 Å². The first-order valence-corrected chi connectivity index (χ1v) is 8.18. The lowest BCUT2D eigenvalue weighted by molar-refractivity contribution is -0.141. The SMILES string of the molecule is CC(C)(C)C1C(O)c2ccccc2OC12CCN(C(=O)O)CC2. The van der Waals surface area contributed by atoms with Gasteiger partial charge in [0.15, 0.2) is 0 Å². The van der Waals surface area contributed by atoms with E-state index >= 15 is 0 Å². The molecular formula is C18H25NO4. The van der Waals surface area contributed by atoms with Crippen molar-refractivity contribution < 1.29 is 19.7 Å². The van der Waals surface area contributed by atoms with Crippen molar-refractivity contribution >= 4 is 6.09 Å². The number of para-hydroxylation sites is 1. The number of hydrogen-bond donors (Lipinski definition) is 2. The van der Waals surface area contributed by atoms with E-state index in [9.17, 15) is 15.0 Å². The molecule has 2 aliphatic heterocycles. The number of ether oxygens (including phenoxy) is 1. The molecule has 1 saturated heterocycles. The largest absolute Gasteiger partial charge is 0.486 e. The Labute approximate surface area is 136 Å². The van der Waals surface area contributed by atoms with Crippen LogP contribution in [0.3, 0.4) is 0 Å². The number of fused-ring (bicyclic) bond motifs is 1. The Morgan fingerprint density at radius 3 is 2.43 bits per heavy atom. The van der Waals surface area contributed by atoms with Crippen molar-refractivity contribution in [3.05, 3.63) is 29.8 Å². The summed E-state index contributed by atoms with van der Waals surface area (Å²) in [5, 5.41) is 20.2. The maximum absolute atomic E-state index is 11.2. The van der Waals surface area contributed by atoms with Gasteiger partial charge in [0.25, 0.3) is 0 Å². The number of likely N-dealkylation sites (tertiary alicyclic amines) is 1. The molecule has 0 bridgehead atoms. The summed E-state index contributed by atoms with van der Waals surface area (Å²) in [5.74, 6) is 0.644. The van der Waals surface area contributed by atoms with E-state index in [-0.39, 0.29) is 11.3 Å². The molecule has 126 valence electrons. The minimum atomic E-state index is -0.885. The average Bonchev–Trinajstić information content (AvgIpc) is 2.46. The number of amides is 1. The molecule has 1 amide bonds. The van der Waals surface area contributed by atoms with Crippen LogP contribution in [0.1, 0.15) is 45.3 Å². The minimum absolute atomic E-state index is 0.0826. The van der Waals surface area contributed by atoms with Crippen LogP contribution in [-0.4, -0.2) is 39.9 Å². The summed E-state index contributed by atoms with van der Waals surface area (Å²) in [5.41, 5.74) is 0.162. The van der Waals surface area contributed by atoms with Gasteiger partial charge in [0, 0.05) is 37.4 Å². The van der Waals surface area contributed by atoms with Crippen molar-refractivity contribution in [2.75, 3.05) is 13.1 Å². The van der Waals surface area contributed by atoms with Gasteiger partial charge in [-0.15, -0.1) is 0 Å². The highest BCUT2D eigenvalue weighted by atomic mass is 16.5. The molecule has 5 heteroatoms. The van der Waals surface area contributed by atoms with Crippen LogP contribution in [0.4, 0.5) is 4.79 Å². The van der Waals surface area contributed by atoms with E-state index in [4.69, 9.17) is 4.74 Å². The molecule has 1 spiro atoms. The fourth-order valence-electron chi connectivity index (χ4n) is 4.32. The van der Waals surface area contributed by atoms with Gasteiger partial charge in [0.05, 0.1) is 6.10 Å². The number of nitrogens with zero attached hydrogens (tertiary/aromatic N) is 1. The summed E-state index contributed by atoms with van der Waals surface area (Å²) in [6.45, 7) is 7.23. The Kier molecular flexibility index (Phi) is 3.79. The van der Waals surface area contributed by atoms with E-state index in [0.29, 0.717) is 25.9 Å². The highest BCUT2D eigenvalue weighted by Crippen LogP contribution is 2.54. The number of aliphatic hydroxyl groups is 1. The molecule has 2 unspecified atom stereocenters. The third kappa shape index (κ3) is 2.67. The van der Waals surface area contributed by atoms with Gasteiger partial charge in [-0.05, 0) is 11.5 Å². The zero-order valence-electron chi connectivity index (χ0n) is 14.0. The Hall–Kier alpha value is -1.75. The highest BCUT2D eigenvalue weighted by Gasteiger charge is 2.55. The van der Waals surface area contributed by atoms with E-state index in [0.717, 1.165) is 11.3 Å². The van der Waals surface area contributed by atoms with Crippen LogP contribution in [0, 0.1) is 11.3 Å². The summed E-state index contributed by atoms with van der Waals surface area (Å²) < 4.78 is 6.42. The van der Waals surface area contributed by atoms with Crippen LogP contribution in [0.15, 0.2) is 24.3 Å². The number of carboxylic acid groups (broad SMARTS) is 1. The summed E-state index contributed by atoms with van der Waals surface area (Å²) in [6, 6.07) is 7.62. The first-order valence-electron chi connectivity index (χ1n) is 8.18. The molecule has 2 aliphatic rings. The molecule has 2 N–H and O–H groups in total. The molecule has 2 heterocycles. The van der Waals surface area contributed by atoms with Crippen LogP contribution in [-0.2, 0) is 0 Å². The number of carbonyl (C=O) groups is 1. The van der Waals surface area contributed by atoms with Gasteiger partial charge < -0.3 is 19.8 Å². The molecule has 5 nitrogen and oxygen atoms in total. The van der Waals surface area contributed by atoms with Gasteiger partial charge in [-0.25, -0.2) is 4.79 Å². The van der Waals surface area contributed by atoms with Crippen molar-refractivity contribution in [2.24, 2.45) is 11.3 Å². The molecule has 1 fully saturated rings. The van der Waals surface area contributed by atoms with Crippen LogP contribution in [0.2, 0.25) is 0 Å². The van der Waals surface area contributed by atoms with E-state index in [1.54, 1.807) is 0 Å². The van der Waals surface area contributed by atoms with Gasteiger partial charge in [-0.3, -0.25) is 0 Å². The summed E-state index contributed by atoms with van der Waals surface area (Å²) >= 11 is 0. The van der Waals surface area contributed by atoms with E-state index in [1.165, 1.54) is 4.90 Å². The van der Waals surface area contributed by atoms with Crippen molar-refractivity contribution in [3.8, 4) is 5.75 Å². The number of hydrogen-bond acceptors (Lipinski definition) is 3. The molecule has 3 rings (SSSR count). The number of rotatable bonds is 0. The summed E-state index contributed by atoms with van der Waals surface area (Å²) in [7, 11) is 0. The Morgan fingerprint density at radius 2 is 1.87 bits per heavy atom. The lowest BCUT2D eigenvalue weighted by Gasteiger charge is -2.54. The Morgan fingerprint density at radius 1 is 1.26 bits per heavy atom. The normalized spacial score (nSPS) is 26.5.